The van der Waals surface area contributed by atoms with Crippen LogP contribution in [0.25, 0.3) is 33.1 Å². The van der Waals surface area contributed by atoms with Gasteiger partial charge < -0.3 is 0 Å². The number of thioether (sulfide) groups is 1. The molecule has 0 bridgehead atoms. The molecule has 0 unspecified atom stereocenters. The minimum Gasteiger partial charge on any atom is -0.300 e. The van der Waals surface area contributed by atoms with E-state index in [4.69, 9.17) is 9.97 Å². The average molecular weight is 482 g/mol. The van der Waals surface area contributed by atoms with Gasteiger partial charge in [-0.15, -0.1) is 10.2 Å². The molecule has 0 atom stereocenters. The SMILES string of the molecule is O=C(CSc1nc(-c2ccccc2)cc(-c2ccccc2)n1)Nc1nnc(-c2ccccc2)s1. The van der Waals surface area contributed by atoms with Crippen molar-refractivity contribution >= 4 is 34.1 Å². The van der Waals surface area contributed by atoms with Crippen LogP contribution in [0.3, 0.4) is 0 Å². The summed E-state index contributed by atoms with van der Waals surface area (Å²) in [5, 5.41) is 12.9. The van der Waals surface area contributed by atoms with Gasteiger partial charge in [-0.3, -0.25) is 10.1 Å². The number of benzene rings is 3. The van der Waals surface area contributed by atoms with Crippen LogP contribution in [-0.4, -0.2) is 31.8 Å². The van der Waals surface area contributed by atoms with Gasteiger partial charge in [-0.1, -0.05) is 114 Å². The Kier molecular flexibility index (Phi) is 6.69. The highest BCUT2D eigenvalue weighted by Gasteiger charge is 2.13. The quantitative estimate of drug-likeness (QED) is 0.225. The first-order chi connectivity index (χ1) is 16.7. The number of anilines is 1. The van der Waals surface area contributed by atoms with Crippen LogP contribution >= 0.6 is 23.1 Å². The molecule has 0 radical (unpaired) electrons. The molecule has 34 heavy (non-hydrogen) atoms. The van der Waals surface area contributed by atoms with Crippen LogP contribution in [-0.2, 0) is 4.79 Å². The Morgan fingerprint density at radius 1 is 0.735 bits per heavy atom. The molecule has 2 aromatic heterocycles. The van der Waals surface area contributed by atoms with Gasteiger partial charge in [0.2, 0.25) is 11.0 Å². The lowest BCUT2D eigenvalue weighted by Crippen LogP contribution is -2.14. The number of amides is 1. The Morgan fingerprint density at radius 2 is 1.26 bits per heavy atom. The second kappa shape index (κ2) is 10.4. The van der Waals surface area contributed by atoms with E-state index >= 15 is 0 Å². The van der Waals surface area contributed by atoms with Gasteiger partial charge in [0.25, 0.3) is 0 Å². The topological polar surface area (TPSA) is 80.7 Å². The molecule has 0 spiro atoms. The number of nitrogens with one attached hydrogen (secondary N) is 1. The van der Waals surface area contributed by atoms with E-state index in [0.29, 0.717) is 10.3 Å². The summed E-state index contributed by atoms with van der Waals surface area (Å²) in [6, 6.07) is 31.6. The number of carbonyl (C=O) groups is 1. The number of hydrogen-bond donors (Lipinski definition) is 1. The second-order valence-electron chi connectivity index (χ2n) is 7.27. The third kappa shape index (κ3) is 5.36. The number of rotatable bonds is 7. The molecule has 8 heteroatoms. The molecule has 5 rings (SSSR count). The van der Waals surface area contributed by atoms with Gasteiger partial charge in [0, 0.05) is 16.7 Å². The molecule has 1 N–H and O–H groups in total. The highest BCUT2D eigenvalue weighted by atomic mass is 32.2. The maximum absolute atomic E-state index is 12.6. The first kappa shape index (κ1) is 21.9. The molecule has 3 aromatic carbocycles. The van der Waals surface area contributed by atoms with Gasteiger partial charge >= 0.3 is 0 Å². The van der Waals surface area contributed by atoms with E-state index in [9.17, 15) is 4.79 Å². The largest absolute Gasteiger partial charge is 0.300 e. The standard InChI is InChI=1S/C26H19N5OS2/c32-23(29-26-31-30-24(34-26)20-14-8-3-9-15-20)17-33-25-27-21(18-10-4-1-5-11-18)16-22(28-25)19-12-6-2-7-13-19/h1-16H,17H2,(H,29,31,32). The van der Waals surface area contributed by atoms with Crippen molar-refractivity contribution in [3.05, 3.63) is 97.1 Å². The van der Waals surface area contributed by atoms with E-state index < -0.39 is 0 Å². The van der Waals surface area contributed by atoms with Crippen LogP contribution in [0.1, 0.15) is 0 Å². The summed E-state index contributed by atoms with van der Waals surface area (Å²) < 4.78 is 0. The molecule has 0 aliphatic rings. The number of aromatic nitrogens is 4. The molecular weight excluding hydrogens is 462 g/mol. The van der Waals surface area contributed by atoms with Crippen LogP contribution in [0.5, 0.6) is 0 Å². The maximum atomic E-state index is 12.6. The molecule has 5 aromatic rings. The van der Waals surface area contributed by atoms with Gasteiger partial charge in [-0.2, -0.15) is 0 Å². The van der Waals surface area contributed by atoms with Gasteiger partial charge in [-0.05, 0) is 6.07 Å². The summed E-state index contributed by atoms with van der Waals surface area (Å²) >= 11 is 2.63. The fourth-order valence-electron chi connectivity index (χ4n) is 3.26. The summed E-state index contributed by atoms with van der Waals surface area (Å²) in [5.74, 6) is -0.0251. The minimum atomic E-state index is -0.185. The van der Waals surface area contributed by atoms with E-state index in [1.807, 2.05) is 97.1 Å². The van der Waals surface area contributed by atoms with E-state index in [1.54, 1.807) is 0 Å². The zero-order valence-corrected chi connectivity index (χ0v) is 19.6. The highest BCUT2D eigenvalue weighted by Crippen LogP contribution is 2.28. The minimum absolute atomic E-state index is 0.159. The van der Waals surface area contributed by atoms with Crippen molar-refractivity contribution in [3.8, 4) is 33.1 Å². The monoisotopic (exact) mass is 481 g/mol. The predicted octanol–water partition coefficient (Wildman–Crippen LogP) is 6.06. The van der Waals surface area contributed by atoms with E-state index in [-0.39, 0.29) is 11.7 Å². The number of hydrogen-bond acceptors (Lipinski definition) is 7. The average Bonchev–Trinajstić information content (AvgIpc) is 3.37. The van der Waals surface area contributed by atoms with Gasteiger partial charge in [0.05, 0.1) is 17.1 Å². The molecule has 0 fully saturated rings. The van der Waals surface area contributed by atoms with Crippen molar-refractivity contribution in [3.63, 3.8) is 0 Å². The van der Waals surface area contributed by atoms with E-state index in [2.05, 4.69) is 15.5 Å². The first-order valence-electron chi connectivity index (χ1n) is 10.6. The fourth-order valence-corrected chi connectivity index (χ4v) is 4.68. The third-order valence-corrected chi connectivity index (χ3v) is 6.60. The second-order valence-corrected chi connectivity index (χ2v) is 9.19. The maximum Gasteiger partial charge on any atom is 0.236 e. The first-order valence-corrected chi connectivity index (χ1v) is 12.4. The van der Waals surface area contributed by atoms with Crippen LogP contribution < -0.4 is 5.32 Å². The lowest BCUT2D eigenvalue weighted by molar-refractivity contribution is -0.113. The highest BCUT2D eigenvalue weighted by molar-refractivity contribution is 7.99. The van der Waals surface area contributed by atoms with Crippen LogP contribution in [0.2, 0.25) is 0 Å². The Bertz CT molecular complexity index is 1340. The van der Waals surface area contributed by atoms with Crippen LogP contribution in [0.15, 0.2) is 102 Å². The van der Waals surface area contributed by atoms with Crippen molar-refractivity contribution in [2.45, 2.75) is 5.16 Å². The fraction of sp³-hybridized carbons (Fsp3) is 0.0385. The molecule has 0 aliphatic heterocycles. The van der Waals surface area contributed by atoms with E-state index in [0.717, 1.165) is 33.1 Å². The predicted molar refractivity (Wildman–Crippen MR) is 138 cm³/mol. The molecule has 0 aliphatic carbocycles. The third-order valence-electron chi connectivity index (χ3n) is 4.87. The van der Waals surface area contributed by atoms with Crippen LogP contribution in [0.4, 0.5) is 5.13 Å². The zero-order chi connectivity index (χ0) is 23.2. The molecular formula is C26H19N5OS2. The molecule has 6 nitrogen and oxygen atoms in total. The van der Waals surface area contributed by atoms with Crippen molar-refractivity contribution < 1.29 is 4.79 Å². The molecule has 1 amide bonds. The summed E-state index contributed by atoms with van der Waals surface area (Å²) in [5.41, 5.74) is 4.59. The summed E-state index contributed by atoms with van der Waals surface area (Å²) in [4.78, 5) is 22.0. The molecule has 166 valence electrons. The van der Waals surface area contributed by atoms with Gasteiger partial charge in [0.15, 0.2) is 5.16 Å². The van der Waals surface area contributed by atoms with Crippen molar-refractivity contribution in [2.75, 3.05) is 11.1 Å². The van der Waals surface area contributed by atoms with Gasteiger partial charge in [0.1, 0.15) is 5.01 Å². The number of nitrogens with zero attached hydrogens (tertiary/aromatic N) is 4. The van der Waals surface area contributed by atoms with Crippen molar-refractivity contribution in [1.29, 1.82) is 0 Å². The molecule has 2 heterocycles. The van der Waals surface area contributed by atoms with Gasteiger partial charge in [-0.25, -0.2) is 9.97 Å². The zero-order valence-electron chi connectivity index (χ0n) is 18.0. The van der Waals surface area contributed by atoms with Crippen LogP contribution in [0, 0.1) is 0 Å². The van der Waals surface area contributed by atoms with Crippen molar-refractivity contribution in [1.82, 2.24) is 20.2 Å². The summed E-state index contributed by atoms with van der Waals surface area (Å²) in [7, 11) is 0. The Labute approximate surface area is 205 Å². The lowest BCUT2D eigenvalue weighted by atomic mass is 10.1. The Hall–Kier alpha value is -3.88. The Morgan fingerprint density at radius 3 is 1.82 bits per heavy atom. The molecule has 0 saturated carbocycles. The summed E-state index contributed by atoms with van der Waals surface area (Å²) in [6.45, 7) is 0. The normalized spacial score (nSPS) is 10.7. The Balaban J connectivity index is 1.32. The number of carbonyl (C=O) groups excluding carboxylic acids is 1. The lowest BCUT2D eigenvalue weighted by Gasteiger charge is -2.08. The molecule has 0 saturated heterocycles. The smallest absolute Gasteiger partial charge is 0.236 e. The van der Waals surface area contributed by atoms with E-state index in [1.165, 1.54) is 23.1 Å². The van der Waals surface area contributed by atoms with Crippen molar-refractivity contribution in [2.24, 2.45) is 0 Å². The summed E-state index contributed by atoms with van der Waals surface area (Å²) in [6.07, 6.45) is 0.